The monoisotopic (exact) mass is 279 g/mol. The summed E-state index contributed by atoms with van der Waals surface area (Å²) in [4.78, 5) is 16.7. The number of carbonyl (C=O) groups excluding carboxylic acids is 1. The van der Waals surface area contributed by atoms with Crippen molar-refractivity contribution >= 4 is 22.4 Å². The molecule has 19 heavy (non-hydrogen) atoms. The number of aryl methyl sites for hydroxylation is 1. The van der Waals surface area contributed by atoms with Gasteiger partial charge in [-0.15, -0.1) is 0 Å². The molecule has 0 radical (unpaired) electrons. The summed E-state index contributed by atoms with van der Waals surface area (Å²) >= 11 is 1.28. The first-order valence-electron chi connectivity index (χ1n) is 5.78. The van der Waals surface area contributed by atoms with E-state index >= 15 is 0 Å². The Kier molecular flexibility index (Phi) is 4.11. The van der Waals surface area contributed by atoms with Gasteiger partial charge in [0.05, 0.1) is 5.69 Å². The number of rotatable bonds is 4. The molecule has 1 heterocycles. The molecule has 1 aromatic carbocycles. The van der Waals surface area contributed by atoms with Crippen LogP contribution in [0.15, 0.2) is 24.3 Å². The number of anilines is 1. The first-order chi connectivity index (χ1) is 9.11. The Balaban J connectivity index is 2.05. The lowest BCUT2D eigenvalue weighted by atomic mass is 10.2. The Labute approximate surface area is 114 Å². The molecule has 0 aliphatic heterocycles. The Hall–Kier alpha value is -1.95. The zero-order valence-corrected chi connectivity index (χ0v) is 11.5. The van der Waals surface area contributed by atoms with Crippen molar-refractivity contribution in [2.45, 2.75) is 13.5 Å². The predicted molar refractivity (Wildman–Crippen MR) is 74.0 cm³/mol. The molecular formula is C13H14FN3OS. The van der Waals surface area contributed by atoms with Crippen LogP contribution in [0.1, 0.15) is 20.9 Å². The van der Waals surface area contributed by atoms with Crippen LogP contribution in [0.5, 0.6) is 0 Å². The van der Waals surface area contributed by atoms with Gasteiger partial charge in [-0.2, -0.15) is 0 Å². The normalized spacial score (nSPS) is 10.3. The molecule has 4 nitrogen and oxygen atoms in total. The van der Waals surface area contributed by atoms with Gasteiger partial charge in [0.15, 0.2) is 5.13 Å². The highest BCUT2D eigenvalue weighted by atomic mass is 32.1. The van der Waals surface area contributed by atoms with Crippen molar-refractivity contribution in [1.29, 1.82) is 0 Å². The van der Waals surface area contributed by atoms with Crippen molar-refractivity contribution in [2.75, 3.05) is 12.4 Å². The first-order valence-corrected chi connectivity index (χ1v) is 6.60. The van der Waals surface area contributed by atoms with Gasteiger partial charge in [-0.3, -0.25) is 4.79 Å². The lowest BCUT2D eigenvalue weighted by Crippen LogP contribution is -2.23. The summed E-state index contributed by atoms with van der Waals surface area (Å²) in [5.41, 5.74) is 1.13. The molecule has 0 saturated heterocycles. The smallest absolute Gasteiger partial charge is 0.263 e. The molecule has 2 aromatic rings. The van der Waals surface area contributed by atoms with Crippen LogP contribution in [0.3, 0.4) is 0 Å². The highest BCUT2D eigenvalue weighted by molar-refractivity contribution is 7.17. The van der Waals surface area contributed by atoms with E-state index in [-0.39, 0.29) is 18.3 Å². The quantitative estimate of drug-likeness (QED) is 0.904. The van der Waals surface area contributed by atoms with Crippen molar-refractivity contribution in [3.05, 3.63) is 46.2 Å². The lowest BCUT2D eigenvalue weighted by Gasteiger charge is -2.05. The zero-order valence-electron chi connectivity index (χ0n) is 10.7. The van der Waals surface area contributed by atoms with E-state index in [1.165, 1.54) is 17.4 Å². The minimum Gasteiger partial charge on any atom is -0.365 e. The first kappa shape index (κ1) is 13.5. The Morgan fingerprint density at radius 1 is 1.42 bits per heavy atom. The van der Waals surface area contributed by atoms with Gasteiger partial charge in [0.1, 0.15) is 10.7 Å². The largest absolute Gasteiger partial charge is 0.365 e. The third kappa shape index (κ3) is 3.08. The number of thiazole rings is 1. The van der Waals surface area contributed by atoms with Gasteiger partial charge in [-0.05, 0) is 13.0 Å². The second-order valence-corrected chi connectivity index (χ2v) is 4.96. The molecule has 100 valence electrons. The van der Waals surface area contributed by atoms with Gasteiger partial charge in [0, 0.05) is 19.2 Å². The van der Waals surface area contributed by atoms with Crippen molar-refractivity contribution in [3.63, 3.8) is 0 Å². The number of aromatic nitrogens is 1. The van der Waals surface area contributed by atoms with E-state index < -0.39 is 0 Å². The fourth-order valence-corrected chi connectivity index (χ4v) is 2.45. The number of carbonyl (C=O) groups is 1. The molecule has 2 rings (SSSR count). The van der Waals surface area contributed by atoms with Crippen molar-refractivity contribution < 1.29 is 9.18 Å². The van der Waals surface area contributed by atoms with Gasteiger partial charge in [0.25, 0.3) is 5.91 Å². The number of benzene rings is 1. The maximum absolute atomic E-state index is 13.4. The second kappa shape index (κ2) is 5.79. The van der Waals surface area contributed by atoms with Crippen LogP contribution in [0.25, 0.3) is 0 Å². The molecule has 1 amide bonds. The molecule has 2 N–H and O–H groups in total. The van der Waals surface area contributed by atoms with Crippen LogP contribution in [0.2, 0.25) is 0 Å². The van der Waals surface area contributed by atoms with Crippen LogP contribution in [-0.2, 0) is 6.54 Å². The third-order valence-corrected chi connectivity index (χ3v) is 3.79. The summed E-state index contributed by atoms with van der Waals surface area (Å²) in [6, 6.07) is 6.38. The van der Waals surface area contributed by atoms with Gasteiger partial charge in [-0.1, -0.05) is 29.5 Å². The second-order valence-electron chi connectivity index (χ2n) is 3.96. The Bertz CT molecular complexity index is 597. The van der Waals surface area contributed by atoms with Crippen LogP contribution in [0, 0.1) is 12.7 Å². The van der Waals surface area contributed by atoms with E-state index in [1.54, 1.807) is 32.2 Å². The Morgan fingerprint density at radius 3 is 2.79 bits per heavy atom. The third-order valence-electron chi connectivity index (χ3n) is 2.61. The number of amides is 1. The van der Waals surface area contributed by atoms with Crippen LogP contribution in [-0.4, -0.2) is 17.9 Å². The highest BCUT2D eigenvalue weighted by Gasteiger charge is 2.14. The number of nitrogens with one attached hydrogen (secondary N) is 2. The SMILES string of the molecule is CNc1nc(C)c(C(=O)NCc2ccccc2F)s1. The summed E-state index contributed by atoms with van der Waals surface area (Å²) in [7, 11) is 1.75. The topological polar surface area (TPSA) is 54.0 Å². The van der Waals surface area contributed by atoms with Crippen LogP contribution in [0.4, 0.5) is 9.52 Å². The minimum atomic E-state index is -0.320. The summed E-state index contributed by atoms with van der Waals surface area (Å²) in [6.07, 6.45) is 0. The fraction of sp³-hybridized carbons (Fsp3) is 0.231. The molecule has 0 aliphatic rings. The van der Waals surface area contributed by atoms with E-state index in [2.05, 4.69) is 15.6 Å². The number of hydrogen-bond donors (Lipinski definition) is 2. The maximum atomic E-state index is 13.4. The molecule has 0 unspecified atom stereocenters. The average Bonchev–Trinajstić information content (AvgIpc) is 2.79. The fourth-order valence-electron chi connectivity index (χ4n) is 1.61. The van der Waals surface area contributed by atoms with Crippen molar-refractivity contribution in [1.82, 2.24) is 10.3 Å². The zero-order chi connectivity index (χ0) is 13.8. The molecule has 0 aliphatic carbocycles. The summed E-state index contributed by atoms with van der Waals surface area (Å²) in [6.45, 7) is 1.94. The van der Waals surface area contributed by atoms with E-state index in [4.69, 9.17) is 0 Å². The maximum Gasteiger partial charge on any atom is 0.263 e. The predicted octanol–water partition coefficient (Wildman–Crippen LogP) is 2.56. The molecule has 0 spiro atoms. The summed E-state index contributed by atoms with van der Waals surface area (Å²) in [5.74, 6) is -0.556. The number of nitrogens with zero attached hydrogens (tertiary/aromatic N) is 1. The van der Waals surface area contributed by atoms with Gasteiger partial charge in [-0.25, -0.2) is 9.37 Å². The lowest BCUT2D eigenvalue weighted by molar-refractivity contribution is 0.0954. The molecule has 0 fully saturated rings. The standard InChI is InChI=1S/C13H14FN3OS/c1-8-11(19-13(15-2)17-8)12(18)16-7-9-5-3-4-6-10(9)14/h3-6H,7H2,1-2H3,(H,15,17)(H,16,18). The highest BCUT2D eigenvalue weighted by Crippen LogP contribution is 2.21. The molecule has 0 bridgehead atoms. The van der Waals surface area contributed by atoms with Crippen LogP contribution >= 0.6 is 11.3 Å². The van der Waals surface area contributed by atoms with Crippen LogP contribution < -0.4 is 10.6 Å². The minimum absolute atomic E-state index is 0.164. The average molecular weight is 279 g/mol. The summed E-state index contributed by atoms with van der Waals surface area (Å²) in [5, 5.41) is 6.28. The number of halogens is 1. The van der Waals surface area contributed by atoms with Gasteiger partial charge < -0.3 is 10.6 Å². The van der Waals surface area contributed by atoms with Crippen molar-refractivity contribution in [3.8, 4) is 0 Å². The Morgan fingerprint density at radius 2 is 2.16 bits per heavy atom. The summed E-state index contributed by atoms with van der Waals surface area (Å²) < 4.78 is 13.4. The molecule has 0 atom stereocenters. The molecule has 0 saturated carbocycles. The van der Waals surface area contributed by atoms with E-state index in [0.29, 0.717) is 21.3 Å². The van der Waals surface area contributed by atoms with Gasteiger partial charge >= 0.3 is 0 Å². The molecule has 6 heteroatoms. The molecule has 1 aromatic heterocycles. The van der Waals surface area contributed by atoms with Crippen molar-refractivity contribution in [2.24, 2.45) is 0 Å². The van der Waals surface area contributed by atoms with E-state index in [0.717, 1.165) is 0 Å². The number of hydrogen-bond acceptors (Lipinski definition) is 4. The van der Waals surface area contributed by atoms with Gasteiger partial charge in [0.2, 0.25) is 0 Å². The van der Waals surface area contributed by atoms with E-state index in [1.807, 2.05) is 0 Å². The van der Waals surface area contributed by atoms with E-state index in [9.17, 15) is 9.18 Å². The molecular weight excluding hydrogens is 265 g/mol.